The number of thiazole rings is 1. The molecule has 0 saturated carbocycles. The lowest BCUT2D eigenvalue weighted by atomic mass is 10.2. The average molecular weight is 568 g/mol. The van der Waals surface area contributed by atoms with E-state index in [0.717, 1.165) is 32.7 Å². The molecule has 5 rings (SSSR count). The van der Waals surface area contributed by atoms with Crippen molar-refractivity contribution in [3.63, 3.8) is 0 Å². The van der Waals surface area contributed by atoms with E-state index < -0.39 is 16.1 Å². The second-order valence-electron chi connectivity index (χ2n) is 8.16. The van der Waals surface area contributed by atoms with Crippen LogP contribution in [-0.4, -0.2) is 41.2 Å². The van der Waals surface area contributed by atoms with Crippen LogP contribution in [0.4, 0.5) is 5.13 Å². The summed E-state index contributed by atoms with van der Waals surface area (Å²) in [5.74, 6) is -0.328. The van der Waals surface area contributed by atoms with Crippen molar-refractivity contribution in [2.24, 2.45) is 0 Å². The standard InChI is InChI=1S/C23H20Cl2N4O3S3/c1-14-6-7-16(24)21-20(14)27-23(34-21)28(13-15-4-2-10-26-12-15)22(30)17-5-3-11-29(17)35(31,32)19-9-8-18(25)33-19/h2,4,6-10,12,17H,3,5,11,13H2,1H3. The molecular formula is C23H20Cl2N4O3S3. The summed E-state index contributed by atoms with van der Waals surface area (Å²) >= 11 is 14.7. The molecule has 0 spiro atoms. The Bertz CT molecular complexity index is 1470. The molecule has 0 aliphatic carbocycles. The van der Waals surface area contributed by atoms with Gasteiger partial charge in [0.25, 0.3) is 10.0 Å². The van der Waals surface area contributed by atoms with Gasteiger partial charge in [-0.2, -0.15) is 4.31 Å². The van der Waals surface area contributed by atoms with Crippen LogP contribution in [0, 0.1) is 6.92 Å². The van der Waals surface area contributed by atoms with Gasteiger partial charge in [0.1, 0.15) is 10.3 Å². The lowest BCUT2D eigenvalue weighted by Gasteiger charge is -2.28. The highest BCUT2D eigenvalue weighted by Crippen LogP contribution is 2.38. The summed E-state index contributed by atoms with van der Waals surface area (Å²) in [5.41, 5.74) is 2.48. The van der Waals surface area contributed by atoms with Crippen molar-refractivity contribution in [3.8, 4) is 0 Å². The number of hydrogen-bond donors (Lipinski definition) is 0. The number of thiophene rings is 1. The number of aromatic nitrogens is 2. The fourth-order valence-corrected chi connectivity index (χ4v) is 8.71. The highest BCUT2D eigenvalue weighted by molar-refractivity contribution is 7.91. The number of anilines is 1. The summed E-state index contributed by atoms with van der Waals surface area (Å²) in [6, 6.07) is 9.55. The maximum absolute atomic E-state index is 14.0. The monoisotopic (exact) mass is 566 g/mol. The zero-order chi connectivity index (χ0) is 24.7. The third-order valence-corrected chi connectivity index (χ3v) is 11.0. The molecule has 0 bridgehead atoms. The minimum absolute atomic E-state index is 0.128. The molecule has 0 N–H and O–H groups in total. The van der Waals surface area contributed by atoms with Crippen molar-refractivity contribution in [2.75, 3.05) is 11.4 Å². The normalized spacial score (nSPS) is 16.7. The Kier molecular flexibility index (Phi) is 6.86. The van der Waals surface area contributed by atoms with E-state index in [9.17, 15) is 13.2 Å². The number of sulfonamides is 1. The maximum atomic E-state index is 14.0. The second-order valence-corrected chi connectivity index (χ2v) is 13.4. The summed E-state index contributed by atoms with van der Waals surface area (Å²) in [5, 5.41) is 1.02. The van der Waals surface area contributed by atoms with E-state index in [1.807, 2.05) is 25.1 Å². The van der Waals surface area contributed by atoms with Gasteiger partial charge in [0.2, 0.25) is 5.91 Å². The Labute approximate surface area is 221 Å². The van der Waals surface area contributed by atoms with Gasteiger partial charge >= 0.3 is 0 Å². The smallest absolute Gasteiger partial charge is 0.253 e. The van der Waals surface area contributed by atoms with Gasteiger partial charge in [-0.3, -0.25) is 14.7 Å². The van der Waals surface area contributed by atoms with Crippen LogP contribution in [0.3, 0.4) is 0 Å². The molecule has 1 amide bonds. The second kappa shape index (κ2) is 9.76. The first-order valence-electron chi connectivity index (χ1n) is 10.8. The number of nitrogens with zero attached hydrogens (tertiary/aromatic N) is 4. The minimum atomic E-state index is -3.87. The lowest BCUT2D eigenvalue weighted by molar-refractivity contribution is -0.121. The molecule has 1 fully saturated rings. The number of hydrogen-bond acceptors (Lipinski definition) is 7. The molecule has 1 aliphatic rings. The van der Waals surface area contributed by atoms with Crippen LogP contribution in [-0.2, 0) is 21.4 Å². The Balaban J connectivity index is 1.55. The molecule has 4 heterocycles. The van der Waals surface area contributed by atoms with Crippen molar-refractivity contribution in [1.82, 2.24) is 14.3 Å². The molecule has 1 saturated heterocycles. The number of aryl methyl sites for hydroxylation is 1. The van der Waals surface area contributed by atoms with Gasteiger partial charge in [-0.1, -0.05) is 46.7 Å². The molecule has 1 aromatic carbocycles. The fraction of sp³-hybridized carbons (Fsp3) is 0.261. The summed E-state index contributed by atoms with van der Waals surface area (Å²) in [7, 11) is -3.87. The quantitative estimate of drug-likeness (QED) is 0.296. The Hall–Kier alpha value is -2.08. The van der Waals surface area contributed by atoms with Crippen LogP contribution in [0.25, 0.3) is 10.2 Å². The van der Waals surface area contributed by atoms with Crippen LogP contribution in [0.15, 0.2) is 53.0 Å². The van der Waals surface area contributed by atoms with Crippen molar-refractivity contribution >= 4 is 77.2 Å². The molecule has 12 heteroatoms. The largest absolute Gasteiger partial charge is 0.282 e. The molecule has 3 aromatic heterocycles. The number of fused-ring (bicyclic) bond motifs is 1. The summed E-state index contributed by atoms with van der Waals surface area (Å²) in [6.07, 6.45) is 4.35. The number of pyridine rings is 1. The predicted octanol–water partition coefficient (Wildman–Crippen LogP) is 5.75. The Morgan fingerprint density at radius 1 is 1.20 bits per heavy atom. The van der Waals surface area contributed by atoms with Crippen LogP contribution in [0.5, 0.6) is 0 Å². The third-order valence-electron chi connectivity index (χ3n) is 5.85. The number of rotatable bonds is 6. The van der Waals surface area contributed by atoms with Crippen molar-refractivity contribution in [3.05, 3.63) is 69.3 Å². The summed E-state index contributed by atoms with van der Waals surface area (Å²) in [6.45, 7) is 2.41. The highest BCUT2D eigenvalue weighted by atomic mass is 35.5. The van der Waals surface area contributed by atoms with Crippen molar-refractivity contribution in [1.29, 1.82) is 0 Å². The molecular weight excluding hydrogens is 547 g/mol. The van der Waals surface area contributed by atoms with E-state index in [-0.39, 0.29) is 23.2 Å². The maximum Gasteiger partial charge on any atom is 0.253 e. The molecule has 4 aromatic rings. The Morgan fingerprint density at radius 2 is 2.03 bits per heavy atom. The van der Waals surface area contributed by atoms with Gasteiger partial charge in [-0.05, 0) is 55.2 Å². The minimum Gasteiger partial charge on any atom is -0.282 e. The first kappa shape index (κ1) is 24.6. The molecule has 35 heavy (non-hydrogen) atoms. The van der Waals surface area contributed by atoms with Gasteiger partial charge < -0.3 is 0 Å². The van der Waals surface area contributed by atoms with Gasteiger partial charge in [-0.15, -0.1) is 11.3 Å². The van der Waals surface area contributed by atoms with Gasteiger partial charge in [0.05, 0.1) is 26.1 Å². The fourth-order valence-electron chi connectivity index (χ4n) is 4.13. The van der Waals surface area contributed by atoms with Gasteiger partial charge in [0, 0.05) is 18.9 Å². The zero-order valence-corrected chi connectivity index (χ0v) is 22.5. The van der Waals surface area contributed by atoms with Gasteiger partial charge in [0.15, 0.2) is 5.13 Å². The topological polar surface area (TPSA) is 83.5 Å². The number of carbonyl (C=O) groups is 1. The molecule has 1 aliphatic heterocycles. The molecule has 0 radical (unpaired) electrons. The van der Waals surface area contributed by atoms with E-state index in [0.29, 0.717) is 27.3 Å². The van der Waals surface area contributed by atoms with Crippen LogP contribution < -0.4 is 4.90 Å². The number of amides is 1. The van der Waals surface area contributed by atoms with Gasteiger partial charge in [-0.25, -0.2) is 13.4 Å². The van der Waals surface area contributed by atoms with Crippen LogP contribution >= 0.6 is 45.9 Å². The summed E-state index contributed by atoms with van der Waals surface area (Å²) in [4.78, 5) is 24.5. The van der Waals surface area contributed by atoms with Crippen LogP contribution in [0.2, 0.25) is 9.36 Å². The van der Waals surface area contributed by atoms with E-state index in [1.165, 1.54) is 21.7 Å². The highest BCUT2D eigenvalue weighted by Gasteiger charge is 2.42. The zero-order valence-electron chi connectivity index (χ0n) is 18.5. The Morgan fingerprint density at radius 3 is 2.71 bits per heavy atom. The predicted molar refractivity (Wildman–Crippen MR) is 141 cm³/mol. The van der Waals surface area contributed by atoms with Crippen molar-refractivity contribution in [2.45, 2.75) is 36.6 Å². The summed E-state index contributed by atoms with van der Waals surface area (Å²) < 4.78 is 29.3. The number of benzene rings is 1. The third kappa shape index (κ3) is 4.71. The first-order chi connectivity index (χ1) is 16.8. The molecule has 1 atom stereocenters. The molecule has 7 nitrogen and oxygen atoms in total. The van der Waals surface area contributed by atoms with E-state index >= 15 is 0 Å². The lowest BCUT2D eigenvalue weighted by Crippen LogP contribution is -2.47. The average Bonchev–Trinajstić information content (AvgIpc) is 3.60. The number of halogens is 2. The van der Waals surface area contributed by atoms with E-state index in [1.54, 1.807) is 29.4 Å². The first-order valence-corrected chi connectivity index (χ1v) is 14.6. The SMILES string of the molecule is Cc1ccc(Cl)c2sc(N(Cc3cccnc3)C(=O)C3CCCN3S(=O)(=O)c3ccc(Cl)s3)nc12. The van der Waals surface area contributed by atoms with Crippen LogP contribution in [0.1, 0.15) is 24.0 Å². The van der Waals surface area contributed by atoms with E-state index in [4.69, 9.17) is 28.2 Å². The van der Waals surface area contributed by atoms with Crippen molar-refractivity contribution < 1.29 is 13.2 Å². The number of carbonyl (C=O) groups excluding carboxylic acids is 1. The van der Waals surface area contributed by atoms with E-state index in [2.05, 4.69) is 4.98 Å². The molecule has 1 unspecified atom stereocenters. The molecule has 182 valence electrons.